The summed E-state index contributed by atoms with van der Waals surface area (Å²) < 4.78 is 1.75. The van der Waals surface area contributed by atoms with Crippen LogP contribution in [0.5, 0.6) is 0 Å². The van der Waals surface area contributed by atoms with E-state index < -0.39 is 0 Å². The number of amides is 2. The Morgan fingerprint density at radius 3 is 2.57 bits per heavy atom. The van der Waals surface area contributed by atoms with Gasteiger partial charge in [-0.15, -0.1) is 0 Å². The number of likely N-dealkylation sites (tertiary alicyclic amines) is 1. The number of para-hydroxylation sites is 1. The fourth-order valence-corrected chi connectivity index (χ4v) is 3.47. The minimum absolute atomic E-state index is 0.137. The fraction of sp³-hybridized carbons (Fsp3) is 0.476. The predicted molar refractivity (Wildman–Crippen MR) is 109 cm³/mol. The molecule has 0 aliphatic carbocycles. The molecule has 3 rings (SSSR count). The van der Waals surface area contributed by atoms with E-state index in [0.29, 0.717) is 18.8 Å². The van der Waals surface area contributed by atoms with Gasteiger partial charge in [0.2, 0.25) is 11.8 Å². The second-order valence-corrected chi connectivity index (χ2v) is 8.34. The first kappa shape index (κ1) is 20.1. The first-order chi connectivity index (χ1) is 13.3. The van der Waals surface area contributed by atoms with Crippen LogP contribution in [-0.2, 0) is 15.0 Å². The number of piperidine rings is 1. The number of aromatic nitrogens is 2. The lowest BCUT2D eigenvalue weighted by Crippen LogP contribution is -2.50. The van der Waals surface area contributed by atoms with E-state index >= 15 is 0 Å². The van der Waals surface area contributed by atoms with Crippen molar-refractivity contribution in [1.29, 1.82) is 0 Å². The highest BCUT2D eigenvalue weighted by molar-refractivity contribution is 5.92. The highest BCUT2D eigenvalue weighted by atomic mass is 16.2. The third-order valence-electron chi connectivity index (χ3n) is 5.03. The second kappa shape index (κ2) is 8.14. The van der Waals surface area contributed by atoms with E-state index in [1.807, 2.05) is 41.3 Å². The van der Waals surface area contributed by atoms with Crippen molar-refractivity contribution >= 4 is 17.6 Å². The Bertz CT molecular complexity index is 838. The van der Waals surface area contributed by atoms with Crippen LogP contribution in [0.3, 0.4) is 0 Å². The molecule has 1 aromatic carbocycles. The van der Waals surface area contributed by atoms with Crippen LogP contribution in [0.15, 0.2) is 36.4 Å². The maximum atomic E-state index is 12.7. The molecule has 3 N–H and O–H groups in total. The minimum Gasteiger partial charge on any atom is -0.368 e. The molecule has 0 saturated carbocycles. The Kier molecular flexibility index (Phi) is 5.84. The molecule has 2 aromatic rings. The quantitative estimate of drug-likeness (QED) is 0.829. The number of hydrogen-bond donors (Lipinski definition) is 2. The van der Waals surface area contributed by atoms with Crippen molar-refractivity contribution in [2.45, 2.75) is 51.5 Å². The molecule has 2 heterocycles. The molecule has 1 aliphatic rings. The maximum Gasteiger partial charge on any atom is 0.239 e. The zero-order chi connectivity index (χ0) is 20.3. The number of benzene rings is 1. The van der Waals surface area contributed by atoms with Crippen molar-refractivity contribution in [3.8, 4) is 5.69 Å². The average molecular weight is 383 g/mol. The third kappa shape index (κ3) is 4.59. The van der Waals surface area contributed by atoms with Crippen molar-refractivity contribution in [3.63, 3.8) is 0 Å². The topological polar surface area (TPSA) is 93.3 Å². The lowest BCUT2D eigenvalue weighted by molar-refractivity contribution is -0.126. The van der Waals surface area contributed by atoms with Gasteiger partial charge in [-0.1, -0.05) is 45.4 Å². The zero-order valence-electron chi connectivity index (χ0n) is 16.8. The molecular weight excluding hydrogens is 354 g/mol. The largest absolute Gasteiger partial charge is 0.368 e. The Morgan fingerprint density at radius 2 is 1.93 bits per heavy atom. The van der Waals surface area contributed by atoms with Gasteiger partial charge in [-0.2, -0.15) is 5.10 Å². The summed E-state index contributed by atoms with van der Waals surface area (Å²) in [5.74, 6) is 0.0799. The van der Waals surface area contributed by atoms with Gasteiger partial charge in [0, 0.05) is 11.5 Å². The molecular formula is C21H29N5O2. The average Bonchev–Trinajstić information content (AvgIpc) is 3.06. The summed E-state index contributed by atoms with van der Waals surface area (Å²) in [6, 6.07) is 11.2. The standard InChI is InChI=1S/C21H29N5O2/c1-21(2,3)17-13-18(26(24-17)15-9-5-4-6-10-15)23-19(27)14-25-12-8-7-11-16(25)20(22)28/h4-6,9-10,13,16H,7-8,11-12,14H2,1-3H3,(H2,22,28)(H,23,27). The van der Waals surface area contributed by atoms with Crippen LogP contribution in [0.1, 0.15) is 45.7 Å². The van der Waals surface area contributed by atoms with E-state index in [4.69, 9.17) is 10.8 Å². The molecule has 1 aromatic heterocycles. The van der Waals surface area contributed by atoms with Gasteiger partial charge < -0.3 is 11.1 Å². The Morgan fingerprint density at radius 1 is 1.21 bits per heavy atom. The maximum absolute atomic E-state index is 12.7. The molecule has 2 amide bonds. The summed E-state index contributed by atoms with van der Waals surface area (Å²) in [5.41, 5.74) is 7.13. The molecule has 150 valence electrons. The first-order valence-electron chi connectivity index (χ1n) is 9.75. The first-order valence-corrected chi connectivity index (χ1v) is 9.75. The van der Waals surface area contributed by atoms with Crippen LogP contribution >= 0.6 is 0 Å². The Hall–Kier alpha value is -2.67. The van der Waals surface area contributed by atoms with Crippen LogP contribution in [0.2, 0.25) is 0 Å². The van der Waals surface area contributed by atoms with Crippen molar-refractivity contribution in [2.24, 2.45) is 5.73 Å². The van der Waals surface area contributed by atoms with Gasteiger partial charge in [-0.25, -0.2) is 4.68 Å². The minimum atomic E-state index is -0.372. The van der Waals surface area contributed by atoms with Gasteiger partial charge in [0.05, 0.1) is 24.0 Å². The highest BCUT2D eigenvalue weighted by Crippen LogP contribution is 2.26. The summed E-state index contributed by atoms with van der Waals surface area (Å²) in [4.78, 5) is 26.3. The molecule has 1 fully saturated rings. The molecule has 1 atom stereocenters. The van der Waals surface area contributed by atoms with Crippen LogP contribution in [0.25, 0.3) is 5.69 Å². The number of primary amides is 1. The summed E-state index contributed by atoms with van der Waals surface area (Å²) >= 11 is 0. The summed E-state index contributed by atoms with van der Waals surface area (Å²) in [6.45, 7) is 7.09. The number of carbonyl (C=O) groups is 2. The van der Waals surface area contributed by atoms with Gasteiger partial charge >= 0.3 is 0 Å². The van der Waals surface area contributed by atoms with E-state index in [-0.39, 0.29) is 29.8 Å². The number of nitrogens with zero attached hydrogens (tertiary/aromatic N) is 3. The highest BCUT2D eigenvalue weighted by Gasteiger charge is 2.29. The zero-order valence-corrected chi connectivity index (χ0v) is 16.8. The van der Waals surface area contributed by atoms with Crippen LogP contribution in [0.4, 0.5) is 5.82 Å². The Labute approximate surface area is 165 Å². The summed E-state index contributed by atoms with van der Waals surface area (Å²) in [5, 5.41) is 7.69. The van der Waals surface area contributed by atoms with Crippen molar-refractivity contribution < 1.29 is 9.59 Å². The number of nitrogens with one attached hydrogen (secondary N) is 1. The fourth-order valence-electron chi connectivity index (χ4n) is 3.47. The van der Waals surface area contributed by atoms with Gasteiger partial charge in [0.1, 0.15) is 5.82 Å². The van der Waals surface area contributed by atoms with Crippen molar-refractivity contribution in [2.75, 3.05) is 18.4 Å². The van der Waals surface area contributed by atoms with Crippen LogP contribution in [-0.4, -0.2) is 45.6 Å². The lowest BCUT2D eigenvalue weighted by Gasteiger charge is -2.32. The molecule has 0 bridgehead atoms. The number of nitrogens with two attached hydrogens (primary N) is 1. The number of anilines is 1. The third-order valence-corrected chi connectivity index (χ3v) is 5.03. The van der Waals surface area contributed by atoms with Crippen LogP contribution in [0, 0.1) is 0 Å². The number of rotatable bonds is 5. The van der Waals surface area contributed by atoms with E-state index in [1.165, 1.54) is 0 Å². The van der Waals surface area contributed by atoms with Gasteiger partial charge in [0.25, 0.3) is 0 Å². The predicted octanol–water partition coefficient (Wildman–Crippen LogP) is 2.45. The molecule has 1 saturated heterocycles. The van der Waals surface area contributed by atoms with Gasteiger partial charge in [0.15, 0.2) is 0 Å². The summed E-state index contributed by atoms with van der Waals surface area (Å²) in [7, 11) is 0. The lowest BCUT2D eigenvalue weighted by atomic mass is 9.92. The van der Waals surface area contributed by atoms with E-state index in [2.05, 4.69) is 26.1 Å². The number of carbonyl (C=O) groups excluding carboxylic acids is 2. The Balaban J connectivity index is 1.81. The van der Waals surface area contributed by atoms with E-state index in [0.717, 1.165) is 24.2 Å². The number of hydrogen-bond acceptors (Lipinski definition) is 4. The van der Waals surface area contributed by atoms with Gasteiger partial charge in [-0.05, 0) is 31.5 Å². The monoisotopic (exact) mass is 383 g/mol. The second-order valence-electron chi connectivity index (χ2n) is 8.34. The smallest absolute Gasteiger partial charge is 0.239 e. The van der Waals surface area contributed by atoms with E-state index in [9.17, 15) is 9.59 Å². The van der Waals surface area contributed by atoms with E-state index in [1.54, 1.807) is 4.68 Å². The van der Waals surface area contributed by atoms with Crippen molar-refractivity contribution in [3.05, 3.63) is 42.1 Å². The molecule has 1 aliphatic heterocycles. The molecule has 28 heavy (non-hydrogen) atoms. The van der Waals surface area contributed by atoms with Gasteiger partial charge in [-0.3, -0.25) is 14.5 Å². The molecule has 1 unspecified atom stereocenters. The molecule has 0 spiro atoms. The molecule has 0 radical (unpaired) electrons. The molecule has 7 heteroatoms. The molecule has 7 nitrogen and oxygen atoms in total. The SMILES string of the molecule is CC(C)(C)c1cc(NC(=O)CN2CCCCC2C(N)=O)n(-c2ccccc2)n1. The summed E-state index contributed by atoms with van der Waals surface area (Å²) in [6.07, 6.45) is 2.63. The normalized spacial score (nSPS) is 18.0. The van der Waals surface area contributed by atoms with Crippen molar-refractivity contribution in [1.82, 2.24) is 14.7 Å². The van der Waals surface area contributed by atoms with Crippen LogP contribution < -0.4 is 11.1 Å².